The molecule has 2 aliphatic rings. The molecule has 2 N–H and O–H groups in total. The van der Waals surface area contributed by atoms with E-state index in [0.29, 0.717) is 18.1 Å². The van der Waals surface area contributed by atoms with Gasteiger partial charge in [0.2, 0.25) is 0 Å². The molecule has 2 rings (SSSR count). The summed E-state index contributed by atoms with van der Waals surface area (Å²) in [5, 5.41) is 0. The van der Waals surface area contributed by atoms with Crippen LogP contribution in [0.25, 0.3) is 0 Å². The Morgan fingerprint density at radius 3 is 2.74 bits per heavy atom. The van der Waals surface area contributed by atoms with Crippen LogP contribution in [0.2, 0.25) is 0 Å². The average Bonchev–Trinajstić information content (AvgIpc) is 2.70. The molecule has 112 valence electrons. The van der Waals surface area contributed by atoms with E-state index in [-0.39, 0.29) is 0 Å². The van der Waals surface area contributed by atoms with E-state index in [9.17, 15) is 0 Å². The van der Waals surface area contributed by atoms with E-state index in [1.807, 2.05) is 0 Å². The molecule has 0 aromatic rings. The van der Waals surface area contributed by atoms with Crippen LogP contribution in [0, 0.1) is 11.8 Å². The van der Waals surface area contributed by atoms with Crippen molar-refractivity contribution in [3.63, 3.8) is 0 Å². The van der Waals surface area contributed by atoms with E-state index < -0.39 is 0 Å². The van der Waals surface area contributed by atoms with Crippen LogP contribution in [0.3, 0.4) is 0 Å². The van der Waals surface area contributed by atoms with Crippen LogP contribution in [0.15, 0.2) is 0 Å². The third-order valence-electron chi connectivity index (χ3n) is 4.41. The first-order chi connectivity index (χ1) is 9.08. The van der Waals surface area contributed by atoms with E-state index in [0.717, 1.165) is 45.2 Å². The minimum atomic E-state index is 0.381. The van der Waals surface area contributed by atoms with Crippen molar-refractivity contribution in [2.75, 3.05) is 45.9 Å². The van der Waals surface area contributed by atoms with Crippen molar-refractivity contribution in [1.29, 1.82) is 0 Å². The highest BCUT2D eigenvalue weighted by atomic mass is 16.5. The molecular weight excluding hydrogens is 238 g/mol. The molecule has 0 aromatic heterocycles. The van der Waals surface area contributed by atoms with Gasteiger partial charge in [0.15, 0.2) is 0 Å². The Morgan fingerprint density at radius 2 is 2.11 bits per heavy atom. The van der Waals surface area contributed by atoms with Gasteiger partial charge < -0.3 is 10.5 Å². The van der Waals surface area contributed by atoms with Crippen LogP contribution in [-0.4, -0.2) is 67.8 Å². The van der Waals surface area contributed by atoms with Crippen molar-refractivity contribution in [2.45, 2.75) is 39.3 Å². The number of hydrogen-bond donors (Lipinski definition) is 1. The van der Waals surface area contributed by atoms with Crippen molar-refractivity contribution in [2.24, 2.45) is 17.6 Å². The van der Waals surface area contributed by atoms with Crippen molar-refractivity contribution < 1.29 is 4.74 Å². The van der Waals surface area contributed by atoms with Crippen LogP contribution < -0.4 is 5.73 Å². The van der Waals surface area contributed by atoms with Gasteiger partial charge in [-0.2, -0.15) is 0 Å². The fourth-order valence-electron chi connectivity index (χ4n) is 3.48. The molecule has 0 saturated carbocycles. The van der Waals surface area contributed by atoms with Crippen molar-refractivity contribution >= 4 is 0 Å². The summed E-state index contributed by atoms with van der Waals surface area (Å²) in [5.41, 5.74) is 5.80. The van der Waals surface area contributed by atoms with Gasteiger partial charge in [-0.15, -0.1) is 0 Å². The minimum absolute atomic E-state index is 0.381. The smallest absolute Gasteiger partial charge is 0.0829 e. The summed E-state index contributed by atoms with van der Waals surface area (Å²) in [7, 11) is 0. The molecule has 0 aliphatic carbocycles. The lowest BCUT2D eigenvalue weighted by atomic mass is 10.1. The topological polar surface area (TPSA) is 41.7 Å². The van der Waals surface area contributed by atoms with E-state index in [1.165, 1.54) is 13.0 Å². The maximum atomic E-state index is 5.95. The fourth-order valence-corrected chi connectivity index (χ4v) is 3.48. The summed E-state index contributed by atoms with van der Waals surface area (Å²) >= 11 is 0. The van der Waals surface area contributed by atoms with E-state index in [4.69, 9.17) is 10.5 Å². The predicted octanol–water partition coefficient (Wildman–Crippen LogP) is 1.01. The molecule has 2 heterocycles. The summed E-state index contributed by atoms with van der Waals surface area (Å²) in [6, 6.07) is 0.664. The van der Waals surface area contributed by atoms with Crippen molar-refractivity contribution in [3.05, 3.63) is 0 Å². The Morgan fingerprint density at radius 1 is 1.32 bits per heavy atom. The third-order valence-corrected chi connectivity index (χ3v) is 4.41. The van der Waals surface area contributed by atoms with E-state index >= 15 is 0 Å². The normalized spacial score (nSPS) is 34.3. The largest absolute Gasteiger partial charge is 0.374 e. The third kappa shape index (κ3) is 4.42. The van der Waals surface area contributed by atoms with Gasteiger partial charge in [0, 0.05) is 38.8 Å². The molecule has 3 atom stereocenters. The first-order valence-electron chi connectivity index (χ1n) is 7.86. The lowest BCUT2D eigenvalue weighted by Crippen LogP contribution is -2.49. The molecule has 0 amide bonds. The van der Waals surface area contributed by atoms with E-state index in [2.05, 4.69) is 30.6 Å². The molecular formula is C15H31N3O. The van der Waals surface area contributed by atoms with Crippen molar-refractivity contribution in [3.8, 4) is 0 Å². The minimum Gasteiger partial charge on any atom is -0.374 e. The Hall–Kier alpha value is -0.160. The molecule has 2 aliphatic heterocycles. The van der Waals surface area contributed by atoms with E-state index in [1.54, 1.807) is 0 Å². The van der Waals surface area contributed by atoms with Gasteiger partial charge >= 0.3 is 0 Å². The second-order valence-electron chi connectivity index (χ2n) is 6.79. The Labute approximate surface area is 118 Å². The van der Waals surface area contributed by atoms with Gasteiger partial charge in [0.25, 0.3) is 0 Å². The maximum Gasteiger partial charge on any atom is 0.0829 e. The summed E-state index contributed by atoms with van der Waals surface area (Å²) < 4.78 is 5.95. The molecule has 2 fully saturated rings. The number of nitrogens with zero attached hydrogens (tertiary/aromatic N) is 2. The second-order valence-corrected chi connectivity index (χ2v) is 6.79. The molecule has 0 aromatic carbocycles. The summed E-state index contributed by atoms with van der Waals surface area (Å²) in [4.78, 5) is 5.13. The highest BCUT2D eigenvalue weighted by Gasteiger charge is 2.31. The van der Waals surface area contributed by atoms with Gasteiger partial charge in [-0.05, 0) is 31.7 Å². The number of nitrogens with two attached hydrogens (primary N) is 1. The van der Waals surface area contributed by atoms with Crippen LogP contribution in [0.1, 0.15) is 27.2 Å². The van der Waals surface area contributed by atoms with Gasteiger partial charge in [-0.25, -0.2) is 0 Å². The highest BCUT2D eigenvalue weighted by Crippen LogP contribution is 2.23. The summed E-state index contributed by atoms with van der Waals surface area (Å²) in [6.07, 6.45) is 1.63. The second kappa shape index (κ2) is 7.02. The number of likely N-dealkylation sites (tertiary alicyclic amines) is 1. The Bertz CT molecular complexity index is 272. The SMILES string of the molecule is CC(C)CN1CCOC(CN2CC(CN)CC2C)C1. The van der Waals surface area contributed by atoms with Gasteiger partial charge in [0.05, 0.1) is 12.7 Å². The molecule has 0 radical (unpaired) electrons. The van der Waals surface area contributed by atoms with Crippen LogP contribution in [0.5, 0.6) is 0 Å². The lowest BCUT2D eigenvalue weighted by molar-refractivity contribution is -0.0470. The van der Waals surface area contributed by atoms with Gasteiger partial charge in [-0.3, -0.25) is 9.80 Å². The fraction of sp³-hybridized carbons (Fsp3) is 1.00. The average molecular weight is 269 g/mol. The number of hydrogen-bond acceptors (Lipinski definition) is 4. The zero-order valence-electron chi connectivity index (χ0n) is 12.8. The molecule has 2 saturated heterocycles. The molecule has 0 spiro atoms. The highest BCUT2D eigenvalue weighted by molar-refractivity contribution is 4.86. The molecule has 3 unspecified atom stereocenters. The van der Waals surface area contributed by atoms with Crippen molar-refractivity contribution in [1.82, 2.24) is 9.80 Å². The standard InChI is InChI=1S/C15H31N3O/c1-12(2)8-17-4-5-19-15(10-17)11-18-9-14(7-16)6-13(18)3/h12-15H,4-11,16H2,1-3H3. The van der Waals surface area contributed by atoms with Crippen LogP contribution in [0.4, 0.5) is 0 Å². The van der Waals surface area contributed by atoms with Crippen LogP contribution >= 0.6 is 0 Å². The number of morpholine rings is 1. The molecule has 4 nitrogen and oxygen atoms in total. The predicted molar refractivity (Wildman–Crippen MR) is 79.2 cm³/mol. The molecule has 4 heteroatoms. The Balaban J connectivity index is 1.79. The molecule has 19 heavy (non-hydrogen) atoms. The maximum absolute atomic E-state index is 5.95. The summed E-state index contributed by atoms with van der Waals surface area (Å²) in [5.74, 6) is 1.43. The number of ether oxygens (including phenoxy) is 1. The Kier molecular flexibility index (Phi) is 5.63. The number of rotatable bonds is 5. The first-order valence-corrected chi connectivity index (χ1v) is 7.86. The lowest BCUT2D eigenvalue weighted by Gasteiger charge is -2.36. The monoisotopic (exact) mass is 269 g/mol. The first kappa shape index (κ1) is 15.2. The van der Waals surface area contributed by atoms with Crippen LogP contribution in [-0.2, 0) is 4.74 Å². The van der Waals surface area contributed by atoms with Gasteiger partial charge in [-0.1, -0.05) is 13.8 Å². The molecule has 0 bridgehead atoms. The zero-order valence-corrected chi connectivity index (χ0v) is 12.8. The zero-order chi connectivity index (χ0) is 13.8. The quantitative estimate of drug-likeness (QED) is 0.809. The van der Waals surface area contributed by atoms with Gasteiger partial charge in [0.1, 0.15) is 0 Å². The summed E-state index contributed by atoms with van der Waals surface area (Å²) in [6.45, 7) is 14.2.